The van der Waals surface area contributed by atoms with E-state index < -0.39 is 11.5 Å². The monoisotopic (exact) mass is 300 g/mol. The topological polar surface area (TPSA) is 69.6 Å². The number of carbonyl (C=O) groups is 2. The third kappa shape index (κ3) is 2.75. The molecule has 2 aliphatic rings. The molecule has 6 heteroatoms. The van der Waals surface area contributed by atoms with E-state index in [4.69, 9.17) is 0 Å². The van der Waals surface area contributed by atoms with Crippen LogP contribution in [0, 0.1) is 0 Å². The summed E-state index contributed by atoms with van der Waals surface area (Å²) < 4.78 is 0. The first-order chi connectivity index (χ1) is 9.53. The van der Waals surface area contributed by atoms with Gasteiger partial charge in [-0.05, 0) is 44.8 Å². The molecule has 2 rings (SSSR count). The second kappa shape index (κ2) is 6.24. The van der Waals surface area contributed by atoms with Crippen molar-refractivity contribution in [3.63, 3.8) is 0 Å². The largest absolute Gasteiger partial charge is 0.479 e. The summed E-state index contributed by atoms with van der Waals surface area (Å²) in [5.41, 5.74) is -0.998. The second-order valence-corrected chi connectivity index (χ2v) is 6.90. The number of nitrogens with zero attached hydrogens (tertiary/aromatic N) is 1. The second-order valence-electron chi connectivity index (χ2n) is 5.76. The molecule has 2 N–H and O–H groups in total. The molecule has 114 valence electrons. The minimum absolute atomic E-state index is 0.196. The van der Waals surface area contributed by atoms with Crippen LogP contribution in [0.1, 0.15) is 45.4 Å². The zero-order chi connectivity index (χ0) is 14.8. The number of likely N-dealkylation sites (tertiary alicyclic amines) is 1. The number of hydrogen-bond donors (Lipinski definition) is 2. The van der Waals surface area contributed by atoms with Crippen molar-refractivity contribution in [2.24, 2.45) is 0 Å². The summed E-state index contributed by atoms with van der Waals surface area (Å²) in [6, 6.07) is 0.00223. The number of aliphatic carboxylic acids is 1. The summed E-state index contributed by atoms with van der Waals surface area (Å²) in [4.78, 5) is 25.5. The molecular weight excluding hydrogens is 276 g/mol. The molecule has 0 bridgehead atoms. The van der Waals surface area contributed by atoms with Gasteiger partial charge in [-0.15, -0.1) is 0 Å². The van der Waals surface area contributed by atoms with Crippen LogP contribution >= 0.6 is 11.8 Å². The first kappa shape index (κ1) is 15.5. The Bertz CT molecular complexity index is 391. The SMILES string of the molecule is CCC1(C(=O)O)CCCN1C(=O)NC1CCC(SC)C1. The molecule has 0 radical (unpaired) electrons. The van der Waals surface area contributed by atoms with E-state index in [-0.39, 0.29) is 12.1 Å². The molecule has 0 aromatic rings. The minimum Gasteiger partial charge on any atom is -0.479 e. The first-order valence-electron chi connectivity index (χ1n) is 7.38. The van der Waals surface area contributed by atoms with Gasteiger partial charge < -0.3 is 15.3 Å². The highest BCUT2D eigenvalue weighted by molar-refractivity contribution is 7.99. The van der Waals surface area contributed by atoms with Crippen molar-refractivity contribution in [2.75, 3.05) is 12.8 Å². The van der Waals surface area contributed by atoms with E-state index in [1.807, 2.05) is 18.7 Å². The van der Waals surface area contributed by atoms with Crippen LogP contribution in [-0.2, 0) is 4.79 Å². The number of amides is 2. The normalized spacial score (nSPS) is 33.4. The molecule has 1 heterocycles. The third-order valence-corrected chi connectivity index (χ3v) is 5.86. The third-order valence-electron chi connectivity index (χ3n) is 4.76. The van der Waals surface area contributed by atoms with Crippen molar-refractivity contribution in [1.29, 1.82) is 0 Å². The minimum atomic E-state index is -0.998. The van der Waals surface area contributed by atoms with Crippen molar-refractivity contribution < 1.29 is 14.7 Å². The predicted octanol–water partition coefficient (Wildman–Crippen LogP) is 2.31. The molecule has 0 aromatic carbocycles. The van der Waals surface area contributed by atoms with Crippen LogP contribution in [-0.4, -0.2) is 51.6 Å². The van der Waals surface area contributed by atoms with E-state index in [2.05, 4.69) is 11.6 Å². The number of carboxylic acid groups (broad SMARTS) is 1. The molecule has 1 saturated carbocycles. The Morgan fingerprint density at radius 3 is 2.75 bits per heavy atom. The van der Waals surface area contributed by atoms with Crippen LogP contribution < -0.4 is 5.32 Å². The molecule has 2 fully saturated rings. The number of carboxylic acids is 1. The maximum atomic E-state index is 12.4. The van der Waals surface area contributed by atoms with Crippen molar-refractivity contribution in [3.8, 4) is 0 Å². The Kier molecular flexibility index (Phi) is 4.83. The van der Waals surface area contributed by atoms with Gasteiger partial charge in [-0.2, -0.15) is 11.8 Å². The first-order valence-corrected chi connectivity index (χ1v) is 8.66. The molecule has 0 aromatic heterocycles. The lowest BCUT2D eigenvalue weighted by atomic mass is 9.93. The number of nitrogens with one attached hydrogen (secondary N) is 1. The zero-order valence-corrected chi connectivity index (χ0v) is 13.0. The highest BCUT2D eigenvalue weighted by Gasteiger charge is 2.49. The lowest BCUT2D eigenvalue weighted by molar-refractivity contribution is -0.148. The summed E-state index contributed by atoms with van der Waals surface area (Å²) in [5.74, 6) is -0.874. The van der Waals surface area contributed by atoms with Gasteiger partial charge in [-0.3, -0.25) is 0 Å². The van der Waals surface area contributed by atoms with Crippen LogP contribution in [0.15, 0.2) is 0 Å². The van der Waals surface area contributed by atoms with E-state index >= 15 is 0 Å². The van der Waals surface area contributed by atoms with Gasteiger partial charge in [0.05, 0.1) is 0 Å². The average Bonchev–Trinajstić information content (AvgIpc) is 3.04. The molecule has 2 amide bonds. The molecule has 1 saturated heterocycles. The predicted molar refractivity (Wildman–Crippen MR) is 80.1 cm³/mol. The van der Waals surface area contributed by atoms with Crippen LogP contribution in [0.4, 0.5) is 4.79 Å². The van der Waals surface area contributed by atoms with Gasteiger partial charge >= 0.3 is 12.0 Å². The molecule has 20 heavy (non-hydrogen) atoms. The molecule has 5 nitrogen and oxygen atoms in total. The fraction of sp³-hybridized carbons (Fsp3) is 0.857. The van der Waals surface area contributed by atoms with Gasteiger partial charge in [0.25, 0.3) is 0 Å². The average molecular weight is 300 g/mol. The molecule has 0 spiro atoms. The van der Waals surface area contributed by atoms with Crippen LogP contribution in [0.5, 0.6) is 0 Å². The number of thioether (sulfide) groups is 1. The Hall–Kier alpha value is -0.910. The van der Waals surface area contributed by atoms with Crippen molar-refractivity contribution in [1.82, 2.24) is 10.2 Å². The van der Waals surface area contributed by atoms with Gasteiger partial charge in [0.2, 0.25) is 0 Å². The fourth-order valence-electron chi connectivity index (χ4n) is 3.45. The lowest BCUT2D eigenvalue weighted by Gasteiger charge is -2.34. The van der Waals surface area contributed by atoms with Gasteiger partial charge in [-0.25, -0.2) is 9.59 Å². The van der Waals surface area contributed by atoms with E-state index in [9.17, 15) is 14.7 Å². The number of carbonyl (C=O) groups excluding carboxylic acids is 1. The van der Waals surface area contributed by atoms with Gasteiger partial charge in [0, 0.05) is 17.8 Å². The van der Waals surface area contributed by atoms with Gasteiger partial charge in [0.15, 0.2) is 0 Å². The standard InChI is InChI=1S/C14H24N2O3S/c1-3-14(12(17)18)7-4-8-16(14)13(19)15-10-5-6-11(9-10)20-2/h10-11H,3-9H2,1-2H3,(H,15,19)(H,17,18). The smallest absolute Gasteiger partial charge is 0.329 e. The Labute approximate surface area is 124 Å². The summed E-state index contributed by atoms with van der Waals surface area (Å²) in [6.45, 7) is 2.39. The van der Waals surface area contributed by atoms with Crippen LogP contribution in [0.25, 0.3) is 0 Å². The van der Waals surface area contributed by atoms with Crippen LogP contribution in [0.2, 0.25) is 0 Å². The van der Waals surface area contributed by atoms with Crippen LogP contribution in [0.3, 0.4) is 0 Å². The summed E-state index contributed by atoms with van der Waals surface area (Å²) in [7, 11) is 0. The highest BCUT2D eigenvalue weighted by Crippen LogP contribution is 2.34. The zero-order valence-electron chi connectivity index (χ0n) is 12.2. The van der Waals surface area contributed by atoms with Crippen molar-refractivity contribution >= 4 is 23.8 Å². The van der Waals surface area contributed by atoms with E-state index in [0.29, 0.717) is 24.6 Å². The van der Waals surface area contributed by atoms with Gasteiger partial charge in [-0.1, -0.05) is 6.92 Å². The summed E-state index contributed by atoms with van der Waals surface area (Å²) in [5, 5.41) is 13.2. The molecule has 3 unspecified atom stereocenters. The summed E-state index contributed by atoms with van der Waals surface area (Å²) >= 11 is 1.85. The Morgan fingerprint density at radius 1 is 1.45 bits per heavy atom. The number of urea groups is 1. The summed E-state index contributed by atoms with van der Waals surface area (Å²) in [6.07, 6.45) is 7.01. The van der Waals surface area contributed by atoms with Crippen molar-refractivity contribution in [2.45, 2.75) is 62.3 Å². The van der Waals surface area contributed by atoms with Crippen molar-refractivity contribution in [3.05, 3.63) is 0 Å². The van der Waals surface area contributed by atoms with E-state index in [0.717, 1.165) is 25.7 Å². The Balaban J connectivity index is 2.00. The molecule has 1 aliphatic carbocycles. The highest BCUT2D eigenvalue weighted by atomic mass is 32.2. The molecule has 1 aliphatic heterocycles. The molecule has 3 atom stereocenters. The Morgan fingerprint density at radius 2 is 2.20 bits per heavy atom. The number of hydrogen-bond acceptors (Lipinski definition) is 3. The fourth-order valence-corrected chi connectivity index (χ4v) is 4.25. The number of rotatable bonds is 4. The quantitative estimate of drug-likeness (QED) is 0.836. The van der Waals surface area contributed by atoms with E-state index in [1.54, 1.807) is 4.90 Å². The maximum absolute atomic E-state index is 12.4. The van der Waals surface area contributed by atoms with Gasteiger partial charge in [0.1, 0.15) is 5.54 Å². The maximum Gasteiger partial charge on any atom is 0.329 e. The molecular formula is C14H24N2O3S. The lowest BCUT2D eigenvalue weighted by Crippen LogP contribution is -2.56. The van der Waals surface area contributed by atoms with E-state index in [1.165, 1.54) is 0 Å².